The molecule has 4 N–H and O–H groups in total. The monoisotopic (exact) mass is 669 g/mol. The summed E-state index contributed by atoms with van der Waals surface area (Å²) in [5.41, 5.74) is 6.21. The van der Waals surface area contributed by atoms with Gasteiger partial charge in [0.1, 0.15) is 11.7 Å². The van der Waals surface area contributed by atoms with Gasteiger partial charge in [-0.2, -0.15) is 13.2 Å². The number of aliphatic imine (C=N–C) groups is 2. The molecule has 0 spiro atoms. The molecule has 7 nitrogen and oxygen atoms in total. The van der Waals surface area contributed by atoms with Gasteiger partial charge < -0.3 is 21.3 Å². The summed E-state index contributed by atoms with van der Waals surface area (Å²) in [7, 11) is 0. The number of allylic oxidation sites excluding steroid dienone is 2. The zero-order valence-corrected chi connectivity index (χ0v) is 30.9. The molecule has 0 aromatic heterocycles. The second-order valence-electron chi connectivity index (χ2n) is 12.2. The number of nitrogens with zero attached hydrogens (tertiary/aromatic N) is 3. The Kier molecular flexibility index (Phi) is 24.7. The molecule has 10 heteroatoms. The van der Waals surface area contributed by atoms with Crippen LogP contribution in [0.4, 0.5) is 13.2 Å². The van der Waals surface area contributed by atoms with Crippen LogP contribution in [-0.4, -0.2) is 53.8 Å². The Morgan fingerprint density at radius 3 is 2.06 bits per heavy atom. The van der Waals surface area contributed by atoms with Crippen molar-refractivity contribution < 1.29 is 18.0 Å². The molecular formula is C37H67F3N6O. The quantitative estimate of drug-likeness (QED) is 0.0391. The van der Waals surface area contributed by atoms with Crippen LogP contribution in [0.3, 0.4) is 0 Å². The largest absolute Gasteiger partial charge is 0.419 e. The molecule has 0 fully saturated rings. The lowest BCUT2D eigenvalue weighted by Gasteiger charge is -2.32. The number of unbranched alkanes of at least 4 members (excludes halogenated alkanes) is 3. The van der Waals surface area contributed by atoms with Crippen LogP contribution < -0.4 is 16.4 Å². The number of nitrogens with one attached hydrogen (secondary N) is 2. The van der Waals surface area contributed by atoms with Crippen LogP contribution in [0.1, 0.15) is 152 Å². The van der Waals surface area contributed by atoms with Gasteiger partial charge in [0.25, 0.3) is 0 Å². The van der Waals surface area contributed by atoms with Gasteiger partial charge in [-0.1, -0.05) is 99.5 Å². The lowest BCUT2D eigenvalue weighted by atomic mass is 10.0. The van der Waals surface area contributed by atoms with Crippen LogP contribution in [0.5, 0.6) is 0 Å². The van der Waals surface area contributed by atoms with E-state index >= 15 is 0 Å². The normalized spacial score (nSPS) is 14.5. The van der Waals surface area contributed by atoms with Gasteiger partial charge >= 0.3 is 6.18 Å². The summed E-state index contributed by atoms with van der Waals surface area (Å²) in [5, 5.41) is 6.50. The van der Waals surface area contributed by atoms with E-state index in [0.29, 0.717) is 51.2 Å². The third kappa shape index (κ3) is 19.0. The highest BCUT2D eigenvalue weighted by Gasteiger charge is 2.36. The number of rotatable bonds is 25. The number of hydrogen-bond acceptors (Lipinski definition) is 4. The van der Waals surface area contributed by atoms with Crippen LogP contribution in [0, 0.1) is 0 Å². The van der Waals surface area contributed by atoms with Crippen LogP contribution in [0.15, 0.2) is 45.3 Å². The highest BCUT2D eigenvalue weighted by Crippen LogP contribution is 2.31. The molecule has 272 valence electrons. The number of alkyl halides is 3. The standard InChI is InChI=1S/C37H67F3N6O/c1-9-16-18-23-31(20-11-3)44-27-30(14-6)36(41)45-29(8)43-28-33(37(38,39)40)34(24-17-10-2)42-25-19-26-46(35(47)15-7)32(21-12-4)22-13-5/h24,27-28,31-32,42,44H,9-23,25-26H2,1-8H3,(H2,41,43,45)/b30-27-,33-28+,34-24-. The van der Waals surface area contributed by atoms with Gasteiger partial charge in [-0.3, -0.25) is 4.79 Å². The molecule has 0 radical (unpaired) electrons. The average Bonchev–Trinajstić information content (AvgIpc) is 3.02. The topological polar surface area (TPSA) is 95.1 Å². The predicted octanol–water partition coefficient (Wildman–Crippen LogP) is 9.71. The van der Waals surface area contributed by atoms with Gasteiger partial charge in [0.2, 0.25) is 5.91 Å². The van der Waals surface area contributed by atoms with Crippen molar-refractivity contribution >= 4 is 17.6 Å². The van der Waals surface area contributed by atoms with Crippen LogP contribution in [0.25, 0.3) is 0 Å². The molecule has 0 aromatic carbocycles. The fraction of sp³-hybridized carbons (Fsp3) is 0.757. The Balaban J connectivity index is 5.99. The Hall–Kier alpha value is -2.78. The molecule has 0 aliphatic carbocycles. The number of nitrogens with two attached hydrogens (primary N) is 1. The van der Waals surface area contributed by atoms with E-state index in [0.717, 1.165) is 63.1 Å². The lowest BCUT2D eigenvalue weighted by Crippen LogP contribution is -2.41. The first-order valence-electron chi connectivity index (χ1n) is 18.3. The third-order valence-electron chi connectivity index (χ3n) is 8.09. The fourth-order valence-electron chi connectivity index (χ4n) is 5.48. The first-order valence-corrected chi connectivity index (χ1v) is 18.3. The summed E-state index contributed by atoms with van der Waals surface area (Å²) in [4.78, 5) is 23.1. The molecule has 0 rings (SSSR count). The Morgan fingerprint density at radius 1 is 0.872 bits per heavy atom. The molecule has 0 aromatic rings. The van der Waals surface area contributed by atoms with Crippen LogP contribution in [0.2, 0.25) is 0 Å². The second-order valence-corrected chi connectivity index (χ2v) is 12.2. The molecular weight excluding hydrogens is 601 g/mol. The van der Waals surface area contributed by atoms with E-state index in [1.807, 2.05) is 31.9 Å². The number of carbonyl (C=O) groups excluding carboxylic acids is 1. The zero-order chi connectivity index (χ0) is 35.7. The summed E-state index contributed by atoms with van der Waals surface area (Å²) >= 11 is 0. The van der Waals surface area contributed by atoms with Crippen molar-refractivity contribution in [3.05, 3.63) is 35.3 Å². The van der Waals surface area contributed by atoms with Crippen molar-refractivity contribution in [2.45, 2.75) is 170 Å². The SMILES string of the molecule is CCC/C=C(NCCCN(C(=O)CC)C(CCC)CCC)/C(=C\N=C(C)N=C(N)/C(=C\NC(CCC)CCCCC)CC)C(F)(F)F. The van der Waals surface area contributed by atoms with Gasteiger partial charge in [-0.15, -0.1) is 0 Å². The molecule has 1 unspecified atom stereocenters. The molecule has 0 saturated heterocycles. The maximum absolute atomic E-state index is 14.4. The van der Waals surface area contributed by atoms with Crippen molar-refractivity contribution in [1.29, 1.82) is 0 Å². The van der Waals surface area contributed by atoms with Gasteiger partial charge in [0.05, 0.1) is 5.57 Å². The average molecular weight is 669 g/mol. The first kappa shape index (κ1) is 44.2. The molecule has 0 saturated carbocycles. The highest BCUT2D eigenvalue weighted by molar-refractivity contribution is 6.04. The number of halogens is 3. The molecule has 0 aliphatic rings. The van der Waals surface area contributed by atoms with E-state index < -0.39 is 11.7 Å². The van der Waals surface area contributed by atoms with Crippen molar-refractivity contribution in [3.8, 4) is 0 Å². The van der Waals surface area contributed by atoms with E-state index in [4.69, 9.17) is 5.73 Å². The highest BCUT2D eigenvalue weighted by atomic mass is 19.4. The Bertz CT molecular complexity index is 1010. The van der Waals surface area contributed by atoms with E-state index in [2.05, 4.69) is 48.3 Å². The lowest BCUT2D eigenvalue weighted by molar-refractivity contribution is -0.133. The number of carbonyl (C=O) groups is 1. The minimum atomic E-state index is -4.63. The molecule has 1 atom stereocenters. The number of amides is 1. The van der Waals surface area contributed by atoms with Gasteiger partial charge in [-0.05, 0) is 51.9 Å². The third-order valence-corrected chi connectivity index (χ3v) is 8.09. The summed E-state index contributed by atoms with van der Waals surface area (Å²) in [6.45, 7) is 16.7. The Labute approximate surface area is 284 Å². The van der Waals surface area contributed by atoms with Crippen LogP contribution >= 0.6 is 0 Å². The number of hydrogen-bond donors (Lipinski definition) is 3. The van der Waals surface area contributed by atoms with E-state index in [1.54, 1.807) is 13.0 Å². The van der Waals surface area contributed by atoms with E-state index in [-0.39, 0.29) is 29.3 Å². The van der Waals surface area contributed by atoms with Gasteiger partial charge in [0.15, 0.2) is 0 Å². The minimum Gasteiger partial charge on any atom is -0.388 e. The van der Waals surface area contributed by atoms with Crippen molar-refractivity contribution in [2.24, 2.45) is 15.7 Å². The molecule has 1 amide bonds. The van der Waals surface area contributed by atoms with Crippen molar-refractivity contribution in [2.75, 3.05) is 13.1 Å². The van der Waals surface area contributed by atoms with E-state index in [9.17, 15) is 18.0 Å². The van der Waals surface area contributed by atoms with Gasteiger partial charge in [0, 0.05) is 55.3 Å². The zero-order valence-electron chi connectivity index (χ0n) is 30.9. The second kappa shape index (κ2) is 26.2. The molecule has 0 bridgehead atoms. The Morgan fingerprint density at radius 2 is 1.53 bits per heavy atom. The first-order chi connectivity index (χ1) is 22.4. The molecule has 0 heterocycles. The summed E-state index contributed by atoms with van der Waals surface area (Å²) < 4.78 is 43.1. The van der Waals surface area contributed by atoms with Crippen LogP contribution in [-0.2, 0) is 4.79 Å². The summed E-state index contributed by atoms with van der Waals surface area (Å²) in [5.74, 6) is 0.462. The number of amidine groups is 2. The van der Waals surface area contributed by atoms with Crippen molar-refractivity contribution in [3.63, 3.8) is 0 Å². The molecule has 47 heavy (non-hydrogen) atoms. The predicted molar refractivity (Wildman–Crippen MR) is 194 cm³/mol. The maximum Gasteiger partial charge on any atom is 0.419 e. The van der Waals surface area contributed by atoms with Gasteiger partial charge in [-0.25, -0.2) is 9.98 Å². The maximum atomic E-state index is 14.4. The fourth-order valence-corrected chi connectivity index (χ4v) is 5.48. The van der Waals surface area contributed by atoms with Crippen molar-refractivity contribution in [1.82, 2.24) is 15.5 Å². The summed E-state index contributed by atoms with van der Waals surface area (Å²) in [6.07, 6.45) is 12.9. The smallest absolute Gasteiger partial charge is 0.388 e. The minimum absolute atomic E-state index is 0.0109. The van der Waals surface area contributed by atoms with E-state index in [1.165, 1.54) is 12.8 Å². The summed E-state index contributed by atoms with van der Waals surface area (Å²) in [6, 6.07) is 0.504. The molecule has 0 aliphatic heterocycles.